The normalized spacial score (nSPS) is 14.6. The van der Waals surface area contributed by atoms with Crippen molar-refractivity contribution in [2.75, 3.05) is 50.8 Å². The van der Waals surface area contributed by atoms with E-state index < -0.39 is 0 Å². The van der Waals surface area contributed by atoms with Gasteiger partial charge in [0.2, 0.25) is 5.91 Å². The van der Waals surface area contributed by atoms with Gasteiger partial charge in [0, 0.05) is 43.3 Å². The fraction of sp³-hybridized carbons (Fsp3) is 0.529. The highest BCUT2D eigenvalue weighted by atomic mass is 35.5. The Morgan fingerprint density at radius 1 is 1.16 bits per heavy atom. The molecule has 1 aromatic carbocycles. The molecule has 0 saturated carbocycles. The number of ketones is 1. The summed E-state index contributed by atoms with van der Waals surface area (Å²) in [5.41, 5.74) is 0.628. The fourth-order valence-corrected chi connectivity index (χ4v) is 3.34. The number of thioether (sulfide) groups is 1. The van der Waals surface area contributed by atoms with Crippen LogP contribution >= 0.6 is 35.8 Å². The van der Waals surface area contributed by atoms with Crippen LogP contribution in [0.5, 0.6) is 0 Å². The van der Waals surface area contributed by atoms with Crippen molar-refractivity contribution in [2.45, 2.75) is 6.42 Å². The number of carbonyl (C=O) groups is 2. The van der Waals surface area contributed by atoms with Crippen LogP contribution in [0.3, 0.4) is 0 Å². The lowest BCUT2D eigenvalue weighted by molar-refractivity contribution is -0.118. The van der Waals surface area contributed by atoms with Gasteiger partial charge >= 0.3 is 0 Å². The van der Waals surface area contributed by atoms with Gasteiger partial charge in [-0.2, -0.15) is 0 Å². The highest BCUT2D eigenvalue weighted by Crippen LogP contribution is 2.12. The number of piperazine rings is 1. The Balaban J connectivity index is 0.00000312. The molecule has 5 nitrogen and oxygen atoms in total. The summed E-state index contributed by atoms with van der Waals surface area (Å²) in [4.78, 5) is 26.1. The standard InChI is InChI=1S/C17H24ClN3O2S.ClH/c18-15-4-2-14(3-5-15)16(22)12-24-13-17(23)20-6-1-9-21-10-7-19-8-11-21;/h2-5,19H,1,6-13H2,(H,20,23);1H. The zero-order valence-corrected chi connectivity index (χ0v) is 16.5. The van der Waals surface area contributed by atoms with Crippen molar-refractivity contribution in [1.82, 2.24) is 15.5 Å². The SMILES string of the molecule is Cl.O=C(CSCC(=O)c1ccc(Cl)cc1)NCCCN1CCNCC1. The summed E-state index contributed by atoms with van der Waals surface area (Å²) in [6.07, 6.45) is 0.958. The summed E-state index contributed by atoms with van der Waals surface area (Å²) in [7, 11) is 0. The van der Waals surface area contributed by atoms with Crippen LogP contribution in [0.15, 0.2) is 24.3 Å². The molecule has 25 heavy (non-hydrogen) atoms. The maximum Gasteiger partial charge on any atom is 0.230 e. The van der Waals surface area contributed by atoms with Crippen LogP contribution in [0.2, 0.25) is 5.02 Å². The van der Waals surface area contributed by atoms with E-state index in [9.17, 15) is 9.59 Å². The van der Waals surface area contributed by atoms with Crippen molar-refractivity contribution in [1.29, 1.82) is 0 Å². The minimum absolute atomic E-state index is 0. The Bertz CT molecular complexity index is 537. The topological polar surface area (TPSA) is 61.4 Å². The van der Waals surface area contributed by atoms with Crippen molar-refractivity contribution in [3.63, 3.8) is 0 Å². The van der Waals surface area contributed by atoms with E-state index in [-0.39, 0.29) is 24.1 Å². The van der Waals surface area contributed by atoms with E-state index in [0.29, 0.717) is 28.6 Å². The van der Waals surface area contributed by atoms with Gasteiger partial charge in [0.05, 0.1) is 11.5 Å². The summed E-state index contributed by atoms with van der Waals surface area (Å²) in [5.74, 6) is 0.621. The van der Waals surface area contributed by atoms with Crippen molar-refractivity contribution in [3.8, 4) is 0 Å². The monoisotopic (exact) mass is 405 g/mol. The molecule has 0 bridgehead atoms. The molecule has 0 aromatic heterocycles. The predicted molar refractivity (Wildman–Crippen MR) is 107 cm³/mol. The van der Waals surface area contributed by atoms with Gasteiger partial charge in [0.1, 0.15) is 0 Å². The molecule has 0 aliphatic carbocycles. The predicted octanol–water partition coefficient (Wildman–Crippen LogP) is 2.09. The highest BCUT2D eigenvalue weighted by molar-refractivity contribution is 8.00. The first kappa shape index (κ1) is 22.3. The first-order chi connectivity index (χ1) is 11.6. The van der Waals surface area contributed by atoms with Crippen LogP contribution < -0.4 is 10.6 Å². The van der Waals surface area contributed by atoms with E-state index in [4.69, 9.17) is 11.6 Å². The van der Waals surface area contributed by atoms with E-state index in [2.05, 4.69) is 15.5 Å². The number of amides is 1. The minimum Gasteiger partial charge on any atom is -0.355 e. The third kappa shape index (κ3) is 8.92. The maximum absolute atomic E-state index is 12.0. The highest BCUT2D eigenvalue weighted by Gasteiger charge is 2.10. The minimum atomic E-state index is -0.00998. The molecule has 140 valence electrons. The van der Waals surface area contributed by atoms with E-state index in [1.165, 1.54) is 11.8 Å². The molecular weight excluding hydrogens is 381 g/mol. The summed E-state index contributed by atoms with van der Waals surface area (Å²) in [5, 5.41) is 6.84. The van der Waals surface area contributed by atoms with Crippen molar-refractivity contribution in [3.05, 3.63) is 34.9 Å². The smallest absolute Gasteiger partial charge is 0.230 e. The van der Waals surface area contributed by atoms with Gasteiger partial charge in [0.25, 0.3) is 0 Å². The van der Waals surface area contributed by atoms with Gasteiger partial charge in [-0.05, 0) is 37.2 Å². The van der Waals surface area contributed by atoms with Crippen LogP contribution in [0, 0.1) is 0 Å². The zero-order chi connectivity index (χ0) is 17.2. The van der Waals surface area contributed by atoms with E-state index in [1.807, 2.05) is 0 Å². The Kier molecular flexibility index (Phi) is 11.2. The molecule has 0 spiro atoms. The second kappa shape index (κ2) is 12.5. The number of nitrogens with zero attached hydrogens (tertiary/aromatic N) is 1. The fourth-order valence-electron chi connectivity index (χ4n) is 2.47. The molecule has 1 aliphatic heterocycles. The third-order valence-electron chi connectivity index (χ3n) is 3.82. The first-order valence-corrected chi connectivity index (χ1v) is 9.75. The third-order valence-corrected chi connectivity index (χ3v) is 5.00. The number of hydrogen-bond acceptors (Lipinski definition) is 5. The number of hydrogen-bond donors (Lipinski definition) is 2. The Labute approximate surface area is 164 Å². The van der Waals surface area contributed by atoms with Crippen LogP contribution in [-0.2, 0) is 4.79 Å². The molecule has 1 saturated heterocycles. The second-order valence-electron chi connectivity index (χ2n) is 5.72. The molecule has 2 rings (SSSR count). The van der Waals surface area contributed by atoms with Gasteiger partial charge in [-0.25, -0.2) is 0 Å². The number of benzene rings is 1. The average Bonchev–Trinajstić information content (AvgIpc) is 2.60. The first-order valence-electron chi connectivity index (χ1n) is 8.21. The lowest BCUT2D eigenvalue weighted by Gasteiger charge is -2.27. The van der Waals surface area contributed by atoms with Gasteiger partial charge in [-0.3, -0.25) is 9.59 Å². The number of carbonyl (C=O) groups excluding carboxylic acids is 2. The maximum atomic E-state index is 12.0. The Morgan fingerprint density at radius 2 is 1.84 bits per heavy atom. The number of nitrogens with one attached hydrogen (secondary N) is 2. The zero-order valence-electron chi connectivity index (χ0n) is 14.1. The van der Waals surface area contributed by atoms with Crippen molar-refractivity contribution >= 4 is 47.5 Å². The van der Waals surface area contributed by atoms with E-state index >= 15 is 0 Å². The lowest BCUT2D eigenvalue weighted by Crippen LogP contribution is -2.44. The molecule has 0 radical (unpaired) electrons. The molecular formula is C17H25Cl2N3O2S. The number of rotatable bonds is 9. The number of halogens is 2. The molecule has 1 heterocycles. The second-order valence-corrected chi connectivity index (χ2v) is 7.14. The summed E-state index contributed by atoms with van der Waals surface area (Å²) < 4.78 is 0. The summed E-state index contributed by atoms with van der Waals surface area (Å²) in [6.45, 7) is 5.96. The molecule has 0 atom stereocenters. The summed E-state index contributed by atoms with van der Waals surface area (Å²) >= 11 is 7.14. The average molecular weight is 406 g/mol. The molecule has 1 amide bonds. The van der Waals surface area contributed by atoms with Crippen LogP contribution in [0.25, 0.3) is 0 Å². The quantitative estimate of drug-likeness (QED) is 0.486. The molecule has 1 aromatic rings. The van der Waals surface area contributed by atoms with Gasteiger partial charge in [-0.1, -0.05) is 11.6 Å². The lowest BCUT2D eigenvalue weighted by atomic mass is 10.1. The Hall–Kier alpha value is -0.790. The molecule has 8 heteroatoms. The van der Waals surface area contributed by atoms with Crippen molar-refractivity contribution < 1.29 is 9.59 Å². The number of Topliss-reactive ketones (excluding diaryl/α,β-unsaturated/α-hetero) is 1. The van der Waals surface area contributed by atoms with Gasteiger partial charge in [-0.15, -0.1) is 24.2 Å². The van der Waals surface area contributed by atoms with Gasteiger partial charge in [0.15, 0.2) is 5.78 Å². The largest absolute Gasteiger partial charge is 0.355 e. The van der Waals surface area contributed by atoms with Gasteiger partial charge < -0.3 is 15.5 Å². The molecule has 1 fully saturated rings. The van der Waals surface area contributed by atoms with Crippen LogP contribution in [0.4, 0.5) is 0 Å². The van der Waals surface area contributed by atoms with E-state index in [1.54, 1.807) is 24.3 Å². The molecule has 1 aliphatic rings. The Morgan fingerprint density at radius 3 is 2.52 bits per heavy atom. The van der Waals surface area contributed by atoms with E-state index in [0.717, 1.165) is 39.1 Å². The van der Waals surface area contributed by atoms with Crippen LogP contribution in [-0.4, -0.2) is 67.4 Å². The molecule has 0 unspecified atom stereocenters. The van der Waals surface area contributed by atoms with Crippen molar-refractivity contribution in [2.24, 2.45) is 0 Å². The molecule has 2 N–H and O–H groups in total. The summed E-state index contributed by atoms with van der Waals surface area (Å²) in [6, 6.07) is 6.82. The van der Waals surface area contributed by atoms with Crippen LogP contribution in [0.1, 0.15) is 16.8 Å².